The van der Waals surface area contributed by atoms with Crippen molar-refractivity contribution in [1.82, 2.24) is 10.6 Å². The molecule has 18 heavy (non-hydrogen) atoms. The van der Waals surface area contributed by atoms with Crippen LogP contribution in [0.5, 0.6) is 0 Å². The van der Waals surface area contributed by atoms with Crippen LogP contribution in [0.25, 0.3) is 0 Å². The summed E-state index contributed by atoms with van der Waals surface area (Å²) in [4.78, 5) is 11.7. The molecule has 0 radical (unpaired) electrons. The van der Waals surface area contributed by atoms with E-state index in [-0.39, 0.29) is 6.09 Å². The number of hydrogen-bond acceptors (Lipinski definition) is 3. The molecule has 1 amide bonds. The molecule has 0 bridgehead atoms. The highest BCUT2D eigenvalue weighted by atomic mass is 16.6. The minimum Gasteiger partial charge on any atom is -0.444 e. The Kier molecular flexibility index (Phi) is 4.15. The van der Waals surface area contributed by atoms with Crippen molar-refractivity contribution < 1.29 is 9.53 Å². The van der Waals surface area contributed by atoms with Crippen molar-refractivity contribution in [2.75, 3.05) is 13.1 Å². The second-order valence-corrected chi connectivity index (χ2v) is 6.67. The summed E-state index contributed by atoms with van der Waals surface area (Å²) in [5, 5.41) is 6.49. The van der Waals surface area contributed by atoms with Crippen molar-refractivity contribution in [3.8, 4) is 0 Å². The molecule has 1 heterocycles. The van der Waals surface area contributed by atoms with Gasteiger partial charge in [0.05, 0.1) is 0 Å². The standard InChI is InChI=1S/C14H26N2O2/c1-14(2,3)18-13(17)16-12-5-4-11-9-15-7-6-10(11)8-12/h10-12,15H,4-9H2,1-3H3,(H,16,17). The van der Waals surface area contributed by atoms with Gasteiger partial charge in [-0.1, -0.05) is 0 Å². The highest BCUT2D eigenvalue weighted by molar-refractivity contribution is 5.68. The fourth-order valence-corrected chi connectivity index (χ4v) is 3.13. The highest BCUT2D eigenvalue weighted by Crippen LogP contribution is 2.33. The van der Waals surface area contributed by atoms with Crippen molar-refractivity contribution in [3.63, 3.8) is 0 Å². The molecule has 2 aliphatic rings. The SMILES string of the molecule is CC(C)(C)OC(=O)NC1CCC2CNCCC2C1. The molecule has 3 atom stereocenters. The Morgan fingerprint density at radius 3 is 2.72 bits per heavy atom. The second kappa shape index (κ2) is 5.47. The van der Waals surface area contributed by atoms with Crippen LogP contribution in [0.2, 0.25) is 0 Å². The van der Waals surface area contributed by atoms with Crippen LogP contribution in [0.4, 0.5) is 4.79 Å². The quantitative estimate of drug-likeness (QED) is 0.755. The van der Waals surface area contributed by atoms with Crippen molar-refractivity contribution >= 4 is 6.09 Å². The molecule has 2 rings (SSSR count). The summed E-state index contributed by atoms with van der Waals surface area (Å²) in [7, 11) is 0. The fourth-order valence-electron chi connectivity index (χ4n) is 3.13. The Morgan fingerprint density at radius 1 is 1.22 bits per heavy atom. The van der Waals surface area contributed by atoms with Crippen LogP contribution < -0.4 is 10.6 Å². The molecule has 0 aromatic rings. The normalized spacial score (nSPS) is 32.5. The van der Waals surface area contributed by atoms with Crippen LogP contribution in [0.1, 0.15) is 46.5 Å². The molecule has 1 saturated carbocycles. The molecular formula is C14H26N2O2. The maximum absolute atomic E-state index is 11.7. The maximum atomic E-state index is 11.7. The Balaban J connectivity index is 1.79. The zero-order valence-corrected chi connectivity index (χ0v) is 11.8. The van der Waals surface area contributed by atoms with Crippen molar-refractivity contribution in [2.24, 2.45) is 11.8 Å². The van der Waals surface area contributed by atoms with Crippen molar-refractivity contribution in [2.45, 2.75) is 58.1 Å². The average Bonchev–Trinajstić information content (AvgIpc) is 2.26. The third-order valence-electron chi connectivity index (χ3n) is 3.96. The summed E-state index contributed by atoms with van der Waals surface area (Å²) < 4.78 is 5.31. The molecule has 2 N–H and O–H groups in total. The minimum atomic E-state index is -0.407. The Morgan fingerprint density at radius 2 is 2.00 bits per heavy atom. The van der Waals surface area contributed by atoms with E-state index >= 15 is 0 Å². The maximum Gasteiger partial charge on any atom is 0.407 e. The minimum absolute atomic E-state index is 0.264. The first-order valence-corrected chi connectivity index (χ1v) is 7.14. The van der Waals surface area contributed by atoms with Crippen molar-refractivity contribution in [1.29, 1.82) is 0 Å². The molecule has 4 heteroatoms. The summed E-state index contributed by atoms with van der Waals surface area (Å²) in [5.41, 5.74) is -0.407. The van der Waals surface area contributed by atoms with E-state index in [0.29, 0.717) is 6.04 Å². The highest BCUT2D eigenvalue weighted by Gasteiger charge is 2.33. The number of rotatable bonds is 1. The number of hydrogen-bond donors (Lipinski definition) is 2. The molecule has 1 saturated heterocycles. The van der Waals surface area contributed by atoms with Crippen LogP contribution in [0.15, 0.2) is 0 Å². The van der Waals surface area contributed by atoms with Gasteiger partial charge in [-0.15, -0.1) is 0 Å². The van der Waals surface area contributed by atoms with Gasteiger partial charge in [0.1, 0.15) is 5.60 Å². The van der Waals surface area contributed by atoms with E-state index in [1.165, 1.54) is 12.8 Å². The summed E-state index contributed by atoms with van der Waals surface area (Å²) in [6.45, 7) is 7.98. The van der Waals surface area contributed by atoms with Gasteiger partial charge in [-0.2, -0.15) is 0 Å². The lowest BCUT2D eigenvalue weighted by molar-refractivity contribution is 0.0462. The Hall–Kier alpha value is -0.770. The van der Waals surface area contributed by atoms with Gasteiger partial charge in [0.15, 0.2) is 0 Å². The van der Waals surface area contributed by atoms with E-state index in [2.05, 4.69) is 10.6 Å². The first kappa shape index (κ1) is 13.7. The van der Waals surface area contributed by atoms with Crippen LogP contribution in [-0.4, -0.2) is 30.8 Å². The van der Waals surface area contributed by atoms with E-state index in [1.54, 1.807) is 0 Å². The first-order valence-electron chi connectivity index (χ1n) is 7.14. The summed E-state index contributed by atoms with van der Waals surface area (Å²) in [5.74, 6) is 1.59. The second-order valence-electron chi connectivity index (χ2n) is 6.67. The third-order valence-corrected chi connectivity index (χ3v) is 3.96. The van der Waals surface area contributed by atoms with Gasteiger partial charge in [0, 0.05) is 6.04 Å². The van der Waals surface area contributed by atoms with Gasteiger partial charge in [0.2, 0.25) is 0 Å². The number of fused-ring (bicyclic) bond motifs is 1. The van der Waals surface area contributed by atoms with Gasteiger partial charge in [-0.05, 0) is 71.4 Å². The number of ether oxygens (including phenoxy) is 1. The lowest BCUT2D eigenvalue weighted by atomic mass is 9.74. The molecule has 0 aromatic heterocycles. The molecule has 3 unspecified atom stereocenters. The van der Waals surface area contributed by atoms with E-state index in [1.807, 2.05) is 20.8 Å². The third kappa shape index (κ3) is 3.87. The van der Waals surface area contributed by atoms with Gasteiger partial charge in [-0.3, -0.25) is 0 Å². The molecule has 0 aromatic carbocycles. The average molecular weight is 254 g/mol. The summed E-state index contributed by atoms with van der Waals surface area (Å²) in [6, 6.07) is 0.305. The first-order chi connectivity index (χ1) is 8.44. The number of alkyl carbamates (subject to hydrolysis) is 1. The molecule has 1 aliphatic carbocycles. The van der Waals surface area contributed by atoms with E-state index in [9.17, 15) is 4.79 Å². The predicted octanol–water partition coefficient (Wildman–Crippen LogP) is 2.29. The molecule has 0 spiro atoms. The molecule has 4 nitrogen and oxygen atoms in total. The van der Waals surface area contributed by atoms with E-state index < -0.39 is 5.60 Å². The Labute approximate surface area is 110 Å². The molecule has 1 aliphatic heterocycles. The topological polar surface area (TPSA) is 50.4 Å². The van der Waals surface area contributed by atoms with Crippen LogP contribution in [-0.2, 0) is 4.74 Å². The zero-order chi connectivity index (χ0) is 13.2. The molecule has 2 fully saturated rings. The smallest absolute Gasteiger partial charge is 0.407 e. The van der Waals surface area contributed by atoms with Gasteiger partial charge in [-0.25, -0.2) is 4.79 Å². The Bertz CT molecular complexity index is 299. The lowest BCUT2D eigenvalue weighted by Crippen LogP contribution is -2.47. The van der Waals surface area contributed by atoms with Gasteiger partial charge < -0.3 is 15.4 Å². The van der Waals surface area contributed by atoms with E-state index in [0.717, 1.165) is 37.8 Å². The van der Waals surface area contributed by atoms with Crippen molar-refractivity contribution in [3.05, 3.63) is 0 Å². The zero-order valence-electron chi connectivity index (χ0n) is 11.8. The number of amides is 1. The number of carbonyl (C=O) groups excluding carboxylic acids is 1. The number of carbonyl (C=O) groups is 1. The molecule has 104 valence electrons. The van der Waals surface area contributed by atoms with E-state index in [4.69, 9.17) is 4.74 Å². The van der Waals surface area contributed by atoms with Crippen LogP contribution >= 0.6 is 0 Å². The fraction of sp³-hybridized carbons (Fsp3) is 0.929. The molecular weight excluding hydrogens is 228 g/mol. The van der Waals surface area contributed by atoms with Crippen LogP contribution in [0, 0.1) is 11.8 Å². The number of piperidine rings is 1. The van der Waals surface area contributed by atoms with Gasteiger partial charge >= 0.3 is 6.09 Å². The number of nitrogens with one attached hydrogen (secondary N) is 2. The monoisotopic (exact) mass is 254 g/mol. The summed E-state index contributed by atoms with van der Waals surface area (Å²) in [6.07, 6.45) is 4.41. The lowest BCUT2D eigenvalue weighted by Gasteiger charge is -2.39. The van der Waals surface area contributed by atoms with Crippen LogP contribution in [0.3, 0.4) is 0 Å². The predicted molar refractivity (Wildman–Crippen MR) is 71.5 cm³/mol. The largest absolute Gasteiger partial charge is 0.444 e. The van der Waals surface area contributed by atoms with Gasteiger partial charge in [0.25, 0.3) is 0 Å². The summed E-state index contributed by atoms with van der Waals surface area (Å²) >= 11 is 0.